The number of anilines is 1. The quantitative estimate of drug-likeness (QED) is 0.873. The van der Waals surface area contributed by atoms with Crippen LogP contribution in [0.5, 0.6) is 0 Å². The molecule has 116 valence electrons. The molecule has 2 N–H and O–H groups in total. The molecule has 0 spiro atoms. The summed E-state index contributed by atoms with van der Waals surface area (Å²) in [5.41, 5.74) is 0.569. The maximum Gasteiger partial charge on any atom is 0.250 e. The molecule has 0 aliphatic heterocycles. The molecule has 0 saturated heterocycles. The maximum atomic E-state index is 12.3. The molecule has 5 heteroatoms. The van der Waals surface area contributed by atoms with Crippen molar-refractivity contribution in [2.45, 2.75) is 57.5 Å². The summed E-state index contributed by atoms with van der Waals surface area (Å²) in [4.78, 5) is 23.8. The normalized spacial score (nSPS) is 17.4. The standard InChI is InChI=1S/C16H25N3O2/c1-3-19-12-13(7-8-15(19)21)18-14(20)11-16(17-2)9-5-4-6-10-16/h7-8,12,17H,3-6,9-11H2,1-2H3,(H,18,20). The van der Waals surface area contributed by atoms with E-state index in [1.807, 2.05) is 14.0 Å². The van der Waals surface area contributed by atoms with Gasteiger partial charge in [-0.05, 0) is 32.9 Å². The predicted molar refractivity (Wildman–Crippen MR) is 84.5 cm³/mol. The van der Waals surface area contributed by atoms with Crippen molar-refractivity contribution in [1.29, 1.82) is 0 Å². The van der Waals surface area contributed by atoms with E-state index in [4.69, 9.17) is 0 Å². The molecule has 1 saturated carbocycles. The predicted octanol–water partition coefficient (Wildman–Crippen LogP) is 2.12. The van der Waals surface area contributed by atoms with Crippen molar-refractivity contribution in [1.82, 2.24) is 9.88 Å². The first-order valence-corrected chi connectivity index (χ1v) is 7.78. The minimum absolute atomic E-state index is 0.00699. The third-order valence-electron chi connectivity index (χ3n) is 4.45. The van der Waals surface area contributed by atoms with Gasteiger partial charge in [-0.2, -0.15) is 0 Å². The van der Waals surface area contributed by atoms with Gasteiger partial charge in [-0.3, -0.25) is 9.59 Å². The number of hydrogen-bond donors (Lipinski definition) is 2. The van der Waals surface area contributed by atoms with Gasteiger partial charge in [0.1, 0.15) is 0 Å². The van der Waals surface area contributed by atoms with Gasteiger partial charge in [-0.1, -0.05) is 19.3 Å². The second-order valence-corrected chi connectivity index (χ2v) is 5.86. The highest BCUT2D eigenvalue weighted by Gasteiger charge is 2.32. The van der Waals surface area contributed by atoms with E-state index >= 15 is 0 Å². The van der Waals surface area contributed by atoms with Crippen molar-refractivity contribution in [3.05, 3.63) is 28.7 Å². The van der Waals surface area contributed by atoms with Crippen LogP contribution >= 0.6 is 0 Å². The molecule has 21 heavy (non-hydrogen) atoms. The second kappa shape index (κ2) is 6.89. The van der Waals surface area contributed by atoms with Crippen LogP contribution in [0.25, 0.3) is 0 Å². The summed E-state index contributed by atoms with van der Waals surface area (Å²) in [6.45, 7) is 2.51. The zero-order valence-corrected chi connectivity index (χ0v) is 12.9. The summed E-state index contributed by atoms with van der Waals surface area (Å²) < 4.78 is 1.59. The summed E-state index contributed by atoms with van der Waals surface area (Å²) in [6, 6.07) is 3.16. The molecule has 5 nitrogen and oxygen atoms in total. The molecule has 1 amide bonds. The summed E-state index contributed by atoms with van der Waals surface area (Å²) in [6.07, 6.45) is 7.88. The van der Waals surface area contributed by atoms with Gasteiger partial charge in [0.2, 0.25) is 5.91 Å². The van der Waals surface area contributed by atoms with Crippen molar-refractivity contribution in [3.63, 3.8) is 0 Å². The van der Waals surface area contributed by atoms with Crippen molar-refractivity contribution in [3.8, 4) is 0 Å². The molecule has 1 fully saturated rings. The number of carbonyl (C=O) groups is 1. The number of hydrogen-bond acceptors (Lipinski definition) is 3. The van der Waals surface area contributed by atoms with E-state index < -0.39 is 0 Å². The van der Waals surface area contributed by atoms with E-state index in [9.17, 15) is 9.59 Å². The number of aryl methyl sites for hydroxylation is 1. The Labute approximate surface area is 125 Å². The number of pyridine rings is 1. The molecule has 1 heterocycles. The Morgan fingerprint density at radius 1 is 1.29 bits per heavy atom. The van der Waals surface area contributed by atoms with Crippen molar-refractivity contribution in [2.75, 3.05) is 12.4 Å². The third-order valence-corrected chi connectivity index (χ3v) is 4.45. The van der Waals surface area contributed by atoms with E-state index in [-0.39, 0.29) is 17.0 Å². The van der Waals surface area contributed by atoms with Crippen LogP contribution in [0.15, 0.2) is 23.1 Å². The minimum atomic E-state index is -0.0679. The van der Waals surface area contributed by atoms with Crippen LogP contribution < -0.4 is 16.2 Å². The number of nitrogens with zero attached hydrogens (tertiary/aromatic N) is 1. The lowest BCUT2D eigenvalue weighted by atomic mass is 9.79. The van der Waals surface area contributed by atoms with Crippen molar-refractivity contribution < 1.29 is 4.79 Å². The first-order valence-electron chi connectivity index (χ1n) is 7.78. The molecular weight excluding hydrogens is 266 g/mol. The van der Waals surface area contributed by atoms with Crippen LogP contribution in [-0.2, 0) is 11.3 Å². The molecule has 1 aliphatic carbocycles. The van der Waals surface area contributed by atoms with Crippen LogP contribution in [0.4, 0.5) is 5.69 Å². The Morgan fingerprint density at radius 3 is 2.62 bits per heavy atom. The molecule has 0 radical (unpaired) electrons. The van der Waals surface area contributed by atoms with Gasteiger partial charge < -0.3 is 15.2 Å². The van der Waals surface area contributed by atoms with Gasteiger partial charge in [-0.25, -0.2) is 0 Å². The van der Waals surface area contributed by atoms with Crippen LogP contribution in [0.2, 0.25) is 0 Å². The number of amides is 1. The molecule has 0 aromatic carbocycles. The van der Waals surface area contributed by atoms with Gasteiger partial charge in [0.25, 0.3) is 5.56 Å². The highest BCUT2D eigenvalue weighted by atomic mass is 16.1. The van der Waals surface area contributed by atoms with Gasteiger partial charge in [-0.15, -0.1) is 0 Å². The van der Waals surface area contributed by atoms with Gasteiger partial charge in [0, 0.05) is 30.8 Å². The Hall–Kier alpha value is -1.62. The van der Waals surface area contributed by atoms with E-state index in [2.05, 4.69) is 10.6 Å². The lowest BCUT2D eigenvalue weighted by Gasteiger charge is -2.36. The monoisotopic (exact) mass is 291 g/mol. The van der Waals surface area contributed by atoms with Crippen LogP contribution in [0, 0.1) is 0 Å². The van der Waals surface area contributed by atoms with Gasteiger partial charge in [0.15, 0.2) is 0 Å². The van der Waals surface area contributed by atoms with E-state index in [1.54, 1.807) is 16.8 Å². The highest BCUT2D eigenvalue weighted by Crippen LogP contribution is 2.30. The van der Waals surface area contributed by atoms with E-state index in [1.165, 1.54) is 25.3 Å². The van der Waals surface area contributed by atoms with Crippen LogP contribution in [0.3, 0.4) is 0 Å². The SMILES string of the molecule is CCn1cc(NC(=O)CC2(NC)CCCCC2)ccc1=O. The molecule has 1 aromatic heterocycles. The van der Waals surface area contributed by atoms with Crippen molar-refractivity contribution in [2.24, 2.45) is 0 Å². The number of carbonyl (C=O) groups excluding carboxylic acids is 1. The molecule has 2 rings (SSSR count). The number of rotatable bonds is 5. The first-order chi connectivity index (χ1) is 10.1. The average Bonchev–Trinajstić information content (AvgIpc) is 2.50. The zero-order chi connectivity index (χ0) is 15.3. The minimum Gasteiger partial charge on any atom is -0.325 e. The summed E-state index contributed by atoms with van der Waals surface area (Å²) in [5.74, 6) is 0.00699. The fourth-order valence-corrected chi connectivity index (χ4v) is 3.11. The molecule has 0 bridgehead atoms. The summed E-state index contributed by atoms with van der Waals surface area (Å²) >= 11 is 0. The fourth-order valence-electron chi connectivity index (χ4n) is 3.11. The van der Waals surface area contributed by atoms with E-state index in [0.29, 0.717) is 18.7 Å². The third kappa shape index (κ3) is 3.94. The Bertz CT molecular complexity index is 545. The zero-order valence-electron chi connectivity index (χ0n) is 12.9. The topological polar surface area (TPSA) is 63.1 Å². The number of nitrogens with one attached hydrogen (secondary N) is 2. The highest BCUT2D eigenvalue weighted by molar-refractivity contribution is 5.91. The van der Waals surface area contributed by atoms with Gasteiger partial charge in [0.05, 0.1) is 5.69 Å². The summed E-state index contributed by atoms with van der Waals surface area (Å²) in [5, 5.41) is 6.26. The first kappa shape index (κ1) is 15.8. The lowest BCUT2D eigenvalue weighted by molar-refractivity contribution is -0.117. The molecule has 1 aliphatic rings. The second-order valence-electron chi connectivity index (χ2n) is 5.86. The summed E-state index contributed by atoms with van der Waals surface area (Å²) in [7, 11) is 1.94. The molecule has 0 unspecified atom stereocenters. The molecule has 1 aromatic rings. The number of aromatic nitrogens is 1. The maximum absolute atomic E-state index is 12.3. The lowest BCUT2D eigenvalue weighted by Crippen LogP contribution is -2.47. The van der Waals surface area contributed by atoms with Crippen molar-refractivity contribution >= 4 is 11.6 Å². The van der Waals surface area contributed by atoms with Crippen LogP contribution in [-0.4, -0.2) is 23.1 Å². The average molecular weight is 291 g/mol. The molecular formula is C16H25N3O2. The molecule has 0 atom stereocenters. The fraction of sp³-hybridized carbons (Fsp3) is 0.625. The Kier molecular flexibility index (Phi) is 5.17. The Balaban J connectivity index is 2.02. The smallest absolute Gasteiger partial charge is 0.250 e. The van der Waals surface area contributed by atoms with Crippen LogP contribution in [0.1, 0.15) is 45.4 Å². The van der Waals surface area contributed by atoms with E-state index in [0.717, 1.165) is 12.8 Å². The largest absolute Gasteiger partial charge is 0.325 e. The van der Waals surface area contributed by atoms with Gasteiger partial charge >= 0.3 is 0 Å². The Morgan fingerprint density at radius 2 is 2.00 bits per heavy atom.